The van der Waals surface area contributed by atoms with Crippen molar-refractivity contribution in [2.45, 2.75) is 19.3 Å². The average Bonchev–Trinajstić information content (AvgIpc) is 3.11. The lowest BCUT2D eigenvalue weighted by atomic mass is 10.1. The fourth-order valence-corrected chi connectivity index (χ4v) is 3.37. The summed E-state index contributed by atoms with van der Waals surface area (Å²) >= 11 is 0. The number of hydrogen-bond donors (Lipinski definition) is 1. The second-order valence-electron chi connectivity index (χ2n) is 6.80. The van der Waals surface area contributed by atoms with Crippen LogP contribution in [0.4, 0.5) is 0 Å². The summed E-state index contributed by atoms with van der Waals surface area (Å²) in [5, 5.41) is 3.52. The molecule has 7 nitrogen and oxygen atoms in total. The molecule has 2 saturated heterocycles. The fraction of sp³-hybridized carbons (Fsp3) is 0.944. The molecule has 0 aromatic carbocycles. The smallest absolute Gasteiger partial charge is 0.193 e. The molecule has 0 saturated carbocycles. The van der Waals surface area contributed by atoms with Gasteiger partial charge in [-0.2, -0.15) is 0 Å². The predicted octanol–water partition coefficient (Wildman–Crippen LogP) is 0.659. The maximum Gasteiger partial charge on any atom is 0.193 e. The van der Waals surface area contributed by atoms with Crippen LogP contribution in [0, 0.1) is 5.92 Å². The van der Waals surface area contributed by atoms with Crippen molar-refractivity contribution in [3.05, 3.63) is 0 Å². The minimum atomic E-state index is 0.594. The zero-order valence-corrected chi connectivity index (χ0v) is 16.0. The van der Waals surface area contributed by atoms with Crippen LogP contribution in [0.2, 0.25) is 0 Å². The number of nitrogens with zero attached hydrogens (tertiary/aromatic N) is 3. The molecule has 2 aliphatic rings. The molecular weight excluding hydrogens is 320 g/mol. The number of rotatable bonds is 10. The molecule has 2 heterocycles. The van der Waals surface area contributed by atoms with Gasteiger partial charge in [-0.3, -0.25) is 9.89 Å². The number of hydrogen-bond acceptors (Lipinski definition) is 5. The van der Waals surface area contributed by atoms with Crippen LogP contribution in [-0.2, 0) is 14.2 Å². The Morgan fingerprint density at radius 2 is 2.04 bits per heavy atom. The van der Waals surface area contributed by atoms with Crippen LogP contribution in [0.3, 0.4) is 0 Å². The molecule has 0 spiro atoms. The maximum absolute atomic E-state index is 5.66. The van der Waals surface area contributed by atoms with Gasteiger partial charge in [-0.1, -0.05) is 0 Å². The van der Waals surface area contributed by atoms with Gasteiger partial charge < -0.3 is 24.4 Å². The Morgan fingerprint density at radius 1 is 1.20 bits per heavy atom. The van der Waals surface area contributed by atoms with Crippen LogP contribution in [-0.4, -0.2) is 102 Å². The van der Waals surface area contributed by atoms with E-state index in [9.17, 15) is 0 Å². The Kier molecular flexibility index (Phi) is 10.2. The molecule has 0 radical (unpaired) electrons. The summed E-state index contributed by atoms with van der Waals surface area (Å²) in [7, 11) is 3.58. The number of likely N-dealkylation sites (tertiary alicyclic amines) is 1. The number of guanidine groups is 1. The van der Waals surface area contributed by atoms with Crippen molar-refractivity contribution in [3.8, 4) is 0 Å². The zero-order valence-electron chi connectivity index (χ0n) is 16.0. The molecule has 0 aromatic heterocycles. The van der Waals surface area contributed by atoms with Gasteiger partial charge in [0.25, 0.3) is 0 Å². The number of unbranched alkanes of at least 4 members (excludes halogenated alkanes) is 1. The Morgan fingerprint density at radius 3 is 2.80 bits per heavy atom. The lowest BCUT2D eigenvalue weighted by Crippen LogP contribution is -2.41. The fourth-order valence-electron chi connectivity index (χ4n) is 3.37. The first kappa shape index (κ1) is 20.4. The summed E-state index contributed by atoms with van der Waals surface area (Å²) in [6, 6.07) is 0. The molecule has 0 aromatic rings. The van der Waals surface area contributed by atoms with Crippen molar-refractivity contribution >= 4 is 5.96 Å². The molecule has 0 amide bonds. The summed E-state index contributed by atoms with van der Waals surface area (Å²) in [6.45, 7) is 10.4. The first-order valence-electron chi connectivity index (χ1n) is 9.66. The molecule has 2 rings (SSSR count). The van der Waals surface area contributed by atoms with E-state index in [4.69, 9.17) is 14.2 Å². The van der Waals surface area contributed by atoms with Crippen LogP contribution in [0.15, 0.2) is 4.99 Å². The standard InChI is InChI=1S/C18H36N4O3/c1-19-18(20-6-3-4-7-21-9-11-24-12-10-21)22-8-5-17(15-22)16-25-14-13-23-2/h17H,3-16H2,1-2H3,(H,19,20). The minimum absolute atomic E-state index is 0.594. The number of aliphatic imine (C=N–C) groups is 1. The molecule has 1 atom stereocenters. The third-order valence-corrected chi connectivity index (χ3v) is 4.87. The van der Waals surface area contributed by atoms with E-state index in [-0.39, 0.29) is 0 Å². The van der Waals surface area contributed by atoms with E-state index in [1.807, 2.05) is 7.05 Å². The zero-order chi connectivity index (χ0) is 17.7. The maximum atomic E-state index is 5.66. The van der Waals surface area contributed by atoms with Crippen molar-refractivity contribution in [2.24, 2.45) is 10.9 Å². The van der Waals surface area contributed by atoms with Gasteiger partial charge in [-0.25, -0.2) is 0 Å². The number of nitrogens with one attached hydrogen (secondary N) is 1. The van der Waals surface area contributed by atoms with E-state index >= 15 is 0 Å². The van der Waals surface area contributed by atoms with E-state index in [1.165, 1.54) is 25.8 Å². The molecule has 0 bridgehead atoms. The van der Waals surface area contributed by atoms with Crippen molar-refractivity contribution in [3.63, 3.8) is 0 Å². The molecular formula is C18H36N4O3. The molecule has 1 unspecified atom stereocenters. The highest BCUT2D eigenvalue weighted by Crippen LogP contribution is 2.16. The monoisotopic (exact) mass is 356 g/mol. The second-order valence-corrected chi connectivity index (χ2v) is 6.80. The molecule has 2 aliphatic heterocycles. The molecule has 7 heteroatoms. The highest BCUT2D eigenvalue weighted by molar-refractivity contribution is 5.80. The van der Waals surface area contributed by atoms with E-state index in [0.29, 0.717) is 19.1 Å². The number of ether oxygens (including phenoxy) is 3. The highest BCUT2D eigenvalue weighted by atomic mass is 16.5. The third-order valence-electron chi connectivity index (χ3n) is 4.87. The minimum Gasteiger partial charge on any atom is -0.382 e. The van der Waals surface area contributed by atoms with Crippen LogP contribution in [0.5, 0.6) is 0 Å². The Hall–Kier alpha value is -0.890. The summed E-state index contributed by atoms with van der Waals surface area (Å²) in [5.74, 6) is 1.63. The van der Waals surface area contributed by atoms with Gasteiger partial charge in [-0.15, -0.1) is 0 Å². The average molecular weight is 357 g/mol. The Bertz CT molecular complexity index is 375. The van der Waals surface area contributed by atoms with E-state index in [0.717, 1.165) is 58.5 Å². The topological polar surface area (TPSA) is 58.6 Å². The van der Waals surface area contributed by atoms with Crippen LogP contribution in [0.25, 0.3) is 0 Å². The summed E-state index contributed by atoms with van der Waals surface area (Å²) < 4.78 is 16.1. The number of methoxy groups -OCH3 is 1. The van der Waals surface area contributed by atoms with Crippen molar-refractivity contribution in [1.82, 2.24) is 15.1 Å². The lowest BCUT2D eigenvalue weighted by molar-refractivity contribution is 0.0372. The van der Waals surface area contributed by atoms with Gasteiger partial charge in [-0.05, 0) is 25.8 Å². The first-order chi connectivity index (χ1) is 12.3. The molecule has 2 fully saturated rings. The van der Waals surface area contributed by atoms with Crippen LogP contribution < -0.4 is 5.32 Å². The van der Waals surface area contributed by atoms with Crippen molar-refractivity contribution < 1.29 is 14.2 Å². The molecule has 25 heavy (non-hydrogen) atoms. The molecule has 1 N–H and O–H groups in total. The normalized spacial score (nSPS) is 22.6. The van der Waals surface area contributed by atoms with Gasteiger partial charge in [0.1, 0.15) is 0 Å². The summed E-state index contributed by atoms with van der Waals surface area (Å²) in [4.78, 5) is 9.29. The Labute approximate surface area is 152 Å². The second kappa shape index (κ2) is 12.5. The van der Waals surface area contributed by atoms with Gasteiger partial charge in [0, 0.05) is 52.8 Å². The largest absolute Gasteiger partial charge is 0.382 e. The first-order valence-corrected chi connectivity index (χ1v) is 9.66. The highest BCUT2D eigenvalue weighted by Gasteiger charge is 2.24. The van der Waals surface area contributed by atoms with Gasteiger partial charge in [0.15, 0.2) is 5.96 Å². The quantitative estimate of drug-likeness (QED) is 0.353. The van der Waals surface area contributed by atoms with Crippen molar-refractivity contribution in [1.29, 1.82) is 0 Å². The van der Waals surface area contributed by atoms with E-state index in [1.54, 1.807) is 7.11 Å². The van der Waals surface area contributed by atoms with Gasteiger partial charge in [0.05, 0.1) is 33.0 Å². The van der Waals surface area contributed by atoms with Crippen LogP contribution >= 0.6 is 0 Å². The SMILES string of the molecule is CN=C(NCCCCN1CCOCC1)N1CCC(COCCOC)C1. The van der Waals surface area contributed by atoms with E-state index < -0.39 is 0 Å². The number of morpholine rings is 1. The van der Waals surface area contributed by atoms with Gasteiger partial charge >= 0.3 is 0 Å². The molecule has 0 aliphatic carbocycles. The molecule has 146 valence electrons. The van der Waals surface area contributed by atoms with Crippen LogP contribution in [0.1, 0.15) is 19.3 Å². The summed E-state index contributed by atoms with van der Waals surface area (Å²) in [5.41, 5.74) is 0. The van der Waals surface area contributed by atoms with Gasteiger partial charge in [0.2, 0.25) is 0 Å². The van der Waals surface area contributed by atoms with Crippen molar-refractivity contribution in [2.75, 3.05) is 86.5 Å². The summed E-state index contributed by atoms with van der Waals surface area (Å²) in [6.07, 6.45) is 3.57. The third kappa shape index (κ3) is 7.90. The predicted molar refractivity (Wildman–Crippen MR) is 100 cm³/mol. The lowest BCUT2D eigenvalue weighted by Gasteiger charge is -2.26. The van der Waals surface area contributed by atoms with E-state index in [2.05, 4.69) is 20.1 Å². The Balaban J connectivity index is 1.54.